The first-order chi connectivity index (χ1) is 6.70. The molecule has 2 N–H and O–H groups in total. The summed E-state index contributed by atoms with van der Waals surface area (Å²) in [4.78, 5) is 17.2. The molecule has 1 amide bonds. The molecule has 1 fully saturated rings. The molecule has 4 heteroatoms. The Morgan fingerprint density at radius 1 is 1.64 bits per heavy atom. The lowest BCUT2D eigenvalue weighted by Gasteiger charge is -2.19. The third kappa shape index (κ3) is 1.37. The topological polar surface area (TPSA) is 59.2 Å². The fraction of sp³-hybridized carbons (Fsp3) is 0.400. The van der Waals surface area contributed by atoms with Crippen molar-refractivity contribution in [2.24, 2.45) is 5.73 Å². The van der Waals surface area contributed by atoms with Crippen molar-refractivity contribution in [3.8, 4) is 0 Å². The van der Waals surface area contributed by atoms with Gasteiger partial charge in [0.05, 0.1) is 12.1 Å². The zero-order valence-electron chi connectivity index (χ0n) is 8.05. The van der Waals surface area contributed by atoms with Crippen molar-refractivity contribution in [2.75, 3.05) is 7.05 Å². The van der Waals surface area contributed by atoms with Gasteiger partial charge < -0.3 is 10.6 Å². The van der Waals surface area contributed by atoms with E-state index < -0.39 is 0 Å². The van der Waals surface area contributed by atoms with Gasteiger partial charge in [0.1, 0.15) is 0 Å². The van der Waals surface area contributed by atoms with Crippen LogP contribution in [0.1, 0.15) is 18.0 Å². The molecule has 2 heterocycles. The van der Waals surface area contributed by atoms with E-state index in [1.54, 1.807) is 24.3 Å². The molecule has 1 aromatic heterocycles. The number of rotatable bonds is 1. The predicted molar refractivity (Wildman–Crippen MR) is 52.3 cm³/mol. The van der Waals surface area contributed by atoms with E-state index in [4.69, 9.17) is 5.73 Å². The van der Waals surface area contributed by atoms with Crippen LogP contribution in [0.4, 0.5) is 0 Å². The Balaban J connectivity index is 2.26. The van der Waals surface area contributed by atoms with E-state index >= 15 is 0 Å². The lowest BCUT2D eigenvalue weighted by molar-refractivity contribution is -0.128. The number of carbonyl (C=O) groups is 1. The predicted octanol–water partition coefficient (Wildman–Crippen LogP) is 0.312. The van der Waals surface area contributed by atoms with Crippen LogP contribution in [0.5, 0.6) is 0 Å². The highest BCUT2D eigenvalue weighted by Crippen LogP contribution is 2.29. The molecule has 0 spiro atoms. The molecule has 1 aliphatic rings. The van der Waals surface area contributed by atoms with Crippen LogP contribution in [0.2, 0.25) is 0 Å². The molecule has 2 atom stereocenters. The van der Waals surface area contributed by atoms with Crippen LogP contribution in [0, 0.1) is 0 Å². The average Bonchev–Trinajstić information content (AvgIpc) is 2.47. The summed E-state index contributed by atoms with van der Waals surface area (Å²) >= 11 is 0. The van der Waals surface area contributed by atoms with Gasteiger partial charge in [0.15, 0.2) is 0 Å². The van der Waals surface area contributed by atoms with Crippen LogP contribution in [-0.4, -0.2) is 28.9 Å². The van der Waals surface area contributed by atoms with Crippen molar-refractivity contribution < 1.29 is 4.79 Å². The van der Waals surface area contributed by atoms with Gasteiger partial charge in [0.2, 0.25) is 5.91 Å². The second-order valence-corrected chi connectivity index (χ2v) is 3.59. The first-order valence-corrected chi connectivity index (χ1v) is 4.62. The van der Waals surface area contributed by atoms with E-state index in [0.29, 0.717) is 6.42 Å². The Bertz CT molecular complexity index is 338. The van der Waals surface area contributed by atoms with Crippen LogP contribution >= 0.6 is 0 Å². The molecule has 0 aliphatic carbocycles. The second-order valence-electron chi connectivity index (χ2n) is 3.59. The van der Waals surface area contributed by atoms with Gasteiger partial charge in [-0.2, -0.15) is 0 Å². The Kier molecular flexibility index (Phi) is 2.21. The Hall–Kier alpha value is -1.42. The minimum Gasteiger partial charge on any atom is -0.337 e. The van der Waals surface area contributed by atoms with Gasteiger partial charge in [-0.1, -0.05) is 6.07 Å². The quantitative estimate of drug-likeness (QED) is 0.695. The van der Waals surface area contributed by atoms with Gasteiger partial charge >= 0.3 is 0 Å². The summed E-state index contributed by atoms with van der Waals surface area (Å²) in [6, 6.07) is 3.58. The number of likely N-dealkylation sites (tertiary alicyclic amines) is 1. The van der Waals surface area contributed by atoms with Crippen molar-refractivity contribution in [3.05, 3.63) is 30.1 Å². The van der Waals surface area contributed by atoms with Crippen molar-refractivity contribution in [1.82, 2.24) is 9.88 Å². The SMILES string of the molecule is CN1C(=O)[C@H](N)C[C@H]1c1cccnc1. The molecule has 4 nitrogen and oxygen atoms in total. The number of hydrogen-bond acceptors (Lipinski definition) is 3. The smallest absolute Gasteiger partial charge is 0.239 e. The normalized spacial score (nSPS) is 27.0. The first kappa shape index (κ1) is 9.15. The van der Waals surface area contributed by atoms with Crippen LogP contribution in [0.15, 0.2) is 24.5 Å². The zero-order chi connectivity index (χ0) is 10.1. The monoisotopic (exact) mass is 191 g/mol. The molecular formula is C10H13N3O. The molecular weight excluding hydrogens is 178 g/mol. The number of pyridine rings is 1. The molecule has 1 aromatic rings. The van der Waals surface area contributed by atoms with Gasteiger partial charge in [-0.15, -0.1) is 0 Å². The van der Waals surface area contributed by atoms with Crippen LogP contribution in [0.25, 0.3) is 0 Å². The van der Waals surface area contributed by atoms with Gasteiger partial charge in [-0.05, 0) is 18.1 Å². The maximum atomic E-state index is 11.5. The maximum absolute atomic E-state index is 11.5. The van der Waals surface area contributed by atoms with Crippen molar-refractivity contribution in [1.29, 1.82) is 0 Å². The fourth-order valence-corrected chi connectivity index (χ4v) is 1.85. The molecule has 0 unspecified atom stereocenters. The van der Waals surface area contributed by atoms with E-state index in [-0.39, 0.29) is 18.0 Å². The molecule has 74 valence electrons. The molecule has 2 rings (SSSR count). The summed E-state index contributed by atoms with van der Waals surface area (Å²) in [5.41, 5.74) is 6.74. The Morgan fingerprint density at radius 3 is 2.93 bits per heavy atom. The minimum atomic E-state index is -0.356. The lowest BCUT2D eigenvalue weighted by Crippen LogP contribution is -2.31. The molecule has 1 aliphatic heterocycles. The summed E-state index contributed by atoms with van der Waals surface area (Å²) in [7, 11) is 1.78. The highest BCUT2D eigenvalue weighted by molar-refractivity contribution is 5.84. The summed E-state index contributed by atoms with van der Waals surface area (Å²) in [6.45, 7) is 0. The molecule has 14 heavy (non-hydrogen) atoms. The van der Waals surface area contributed by atoms with E-state index in [2.05, 4.69) is 4.98 Å². The number of aromatic nitrogens is 1. The number of likely N-dealkylation sites (N-methyl/N-ethyl adjacent to an activating group) is 1. The maximum Gasteiger partial charge on any atom is 0.239 e. The number of nitrogens with two attached hydrogens (primary N) is 1. The number of nitrogens with zero attached hydrogens (tertiary/aromatic N) is 2. The van der Waals surface area contributed by atoms with E-state index in [1.165, 1.54) is 0 Å². The Morgan fingerprint density at radius 2 is 2.43 bits per heavy atom. The van der Waals surface area contributed by atoms with Crippen molar-refractivity contribution in [3.63, 3.8) is 0 Å². The first-order valence-electron chi connectivity index (χ1n) is 4.62. The molecule has 0 saturated carbocycles. The Labute approximate surface area is 82.7 Å². The van der Waals surface area contributed by atoms with Gasteiger partial charge in [-0.25, -0.2) is 0 Å². The van der Waals surface area contributed by atoms with Crippen molar-refractivity contribution >= 4 is 5.91 Å². The van der Waals surface area contributed by atoms with Crippen molar-refractivity contribution in [2.45, 2.75) is 18.5 Å². The fourth-order valence-electron chi connectivity index (χ4n) is 1.85. The van der Waals surface area contributed by atoms with Crippen LogP contribution < -0.4 is 5.73 Å². The lowest BCUT2D eigenvalue weighted by atomic mass is 10.1. The average molecular weight is 191 g/mol. The molecule has 0 radical (unpaired) electrons. The third-order valence-corrected chi connectivity index (χ3v) is 2.68. The molecule has 1 saturated heterocycles. The summed E-state index contributed by atoms with van der Waals surface area (Å²) in [5, 5.41) is 0. The highest BCUT2D eigenvalue weighted by atomic mass is 16.2. The summed E-state index contributed by atoms with van der Waals surface area (Å²) < 4.78 is 0. The van der Waals surface area contributed by atoms with Crippen LogP contribution in [0.3, 0.4) is 0 Å². The van der Waals surface area contributed by atoms with Gasteiger partial charge in [-0.3, -0.25) is 9.78 Å². The van der Waals surface area contributed by atoms with Gasteiger partial charge in [0.25, 0.3) is 0 Å². The van der Waals surface area contributed by atoms with Crippen LogP contribution in [-0.2, 0) is 4.79 Å². The number of hydrogen-bond donors (Lipinski definition) is 1. The summed E-state index contributed by atoms with van der Waals surface area (Å²) in [5.74, 6) is 0.0128. The molecule has 0 bridgehead atoms. The van der Waals surface area contributed by atoms with E-state index in [0.717, 1.165) is 5.56 Å². The third-order valence-electron chi connectivity index (χ3n) is 2.68. The van der Waals surface area contributed by atoms with E-state index in [1.807, 2.05) is 12.1 Å². The zero-order valence-corrected chi connectivity index (χ0v) is 8.05. The highest BCUT2D eigenvalue weighted by Gasteiger charge is 2.35. The summed E-state index contributed by atoms with van der Waals surface area (Å²) in [6.07, 6.45) is 4.19. The number of carbonyl (C=O) groups excluding carboxylic acids is 1. The minimum absolute atomic E-state index is 0.0128. The largest absolute Gasteiger partial charge is 0.337 e. The molecule has 0 aromatic carbocycles. The number of amides is 1. The second kappa shape index (κ2) is 3.38. The standard InChI is InChI=1S/C10H13N3O/c1-13-9(5-8(11)10(13)14)7-3-2-4-12-6-7/h2-4,6,8-9H,5,11H2,1H3/t8-,9+/m1/s1. The van der Waals surface area contributed by atoms with Gasteiger partial charge in [0, 0.05) is 19.4 Å². The van der Waals surface area contributed by atoms with E-state index in [9.17, 15) is 4.79 Å².